The minimum atomic E-state index is 0.303. The molecular formula is C18H21ClIN. The van der Waals surface area contributed by atoms with Crippen LogP contribution >= 0.6 is 34.2 Å². The van der Waals surface area contributed by atoms with Gasteiger partial charge in [0.15, 0.2) is 0 Å². The van der Waals surface area contributed by atoms with E-state index in [1.807, 2.05) is 6.07 Å². The Labute approximate surface area is 146 Å². The van der Waals surface area contributed by atoms with E-state index in [0.717, 1.165) is 24.4 Å². The lowest BCUT2D eigenvalue weighted by molar-refractivity contribution is 0.527. The first-order valence-electron chi connectivity index (χ1n) is 7.34. The highest BCUT2D eigenvalue weighted by molar-refractivity contribution is 14.1. The van der Waals surface area contributed by atoms with Crippen LogP contribution in [0.5, 0.6) is 0 Å². The number of nitrogens with one attached hydrogen (secondary N) is 1. The molecule has 1 atom stereocenters. The summed E-state index contributed by atoms with van der Waals surface area (Å²) >= 11 is 8.59. The third-order valence-electron chi connectivity index (χ3n) is 3.50. The van der Waals surface area contributed by atoms with E-state index >= 15 is 0 Å². The van der Waals surface area contributed by atoms with E-state index in [-0.39, 0.29) is 0 Å². The first-order chi connectivity index (χ1) is 10.1. The standard InChI is InChI=1S/C18H21ClIN/c1-3-9-21-18(11-14-6-4-5-13(2)10-14)16-12-15(19)7-8-17(16)20/h4-8,10,12,18,21H,3,9,11H2,1-2H3. The SMILES string of the molecule is CCCNC(Cc1cccc(C)c1)c1cc(Cl)ccc1I. The fourth-order valence-corrected chi connectivity index (χ4v) is 3.36. The van der Waals surface area contributed by atoms with Gasteiger partial charge in [-0.25, -0.2) is 0 Å². The third-order valence-corrected chi connectivity index (χ3v) is 4.71. The van der Waals surface area contributed by atoms with Gasteiger partial charge in [-0.2, -0.15) is 0 Å². The maximum absolute atomic E-state index is 6.19. The van der Waals surface area contributed by atoms with Crippen molar-refractivity contribution in [3.8, 4) is 0 Å². The average Bonchev–Trinajstić information content (AvgIpc) is 2.46. The van der Waals surface area contributed by atoms with Crippen molar-refractivity contribution >= 4 is 34.2 Å². The van der Waals surface area contributed by atoms with Gasteiger partial charge in [-0.3, -0.25) is 0 Å². The van der Waals surface area contributed by atoms with Crippen molar-refractivity contribution in [1.82, 2.24) is 5.32 Å². The van der Waals surface area contributed by atoms with Gasteiger partial charge in [0.1, 0.15) is 0 Å². The molecule has 0 aromatic heterocycles. The molecule has 0 aliphatic heterocycles. The Bertz CT molecular complexity index is 598. The topological polar surface area (TPSA) is 12.0 Å². The van der Waals surface area contributed by atoms with E-state index in [9.17, 15) is 0 Å². The van der Waals surface area contributed by atoms with Crippen LogP contribution in [0.15, 0.2) is 42.5 Å². The van der Waals surface area contributed by atoms with Crippen LogP contribution in [0, 0.1) is 10.5 Å². The molecule has 0 aliphatic carbocycles. The van der Waals surface area contributed by atoms with E-state index in [4.69, 9.17) is 11.6 Å². The highest BCUT2D eigenvalue weighted by atomic mass is 127. The molecule has 0 saturated carbocycles. The Morgan fingerprint density at radius 2 is 2.00 bits per heavy atom. The lowest BCUT2D eigenvalue weighted by Gasteiger charge is -2.21. The van der Waals surface area contributed by atoms with E-state index < -0.39 is 0 Å². The summed E-state index contributed by atoms with van der Waals surface area (Å²) in [6, 6.07) is 15.2. The summed E-state index contributed by atoms with van der Waals surface area (Å²) in [6.07, 6.45) is 2.11. The highest BCUT2D eigenvalue weighted by Crippen LogP contribution is 2.27. The second kappa shape index (κ2) is 8.16. The number of hydrogen-bond donors (Lipinski definition) is 1. The number of benzene rings is 2. The van der Waals surface area contributed by atoms with E-state index in [2.05, 4.69) is 78.2 Å². The van der Waals surface area contributed by atoms with Gasteiger partial charge >= 0.3 is 0 Å². The molecule has 1 N–H and O–H groups in total. The number of hydrogen-bond acceptors (Lipinski definition) is 1. The summed E-state index contributed by atoms with van der Waals surface area (Å²) in [5, 5.41) is 4.46. The zero-order valence-electron chi connectivity index (χ0n) is 12.5. The van der Waals surface area contributed by atoms with Crippen LogP contribution in [0.4, 0.5) is 0 Å². The Morgan fingerprint density at radius 1 is 1.19 bits per heavy atom. The largest absolute Gasteiger partial charge is 0.310 e. The summed E-state index contributed by atoms with van der Waals surface area (Å²) in [5.74, 6) is 0. The van der Waals surface area contributed by atoms with Crippen LogP contribution in [-0.4, -0.2) is 6.54 Å². The van der Waals surface area contributed by atoms with Gasteiger partial charge in [0, 0.05) is 14.6 Å². The smallest absolute Gasteiger partial charge is 0.0410 e. The zero-order valence-corrected chi connectivity index (χ0v) is 15.4. The molecule has 1 unspecified atom stereocenters. The fourth-order valence-electron chi connectivity index (χ4n) is 2.47. The molecule has 112 valence electrons. The molecule has 0 bridgehead atoms. The highest BCUT2D eigenvalue weighted by Gasteiger charge is 2.15. The van der Waals surface area contributed by atoms with Crippen LogP contribution in [0.1, 0.15) is 36.1 Å². The van der Waals surface area contributed by atoms with Crippen molar-refractivity contribution < 1.29 is 0 Å². The van der Waals surface area contributed by atoms with Crippen LogP contribution in [0.2, 0.25) is 5.02 Å². The molecule has 2 rings (SSSR count). The number of aryl methyl sites for hydroxylation is 1. The monoisotopic (exact) mass is 413 g/mol. The molecule has 0 heterocycles. The van der Waals surface area contributed by atoms with Gasteiger partial charge in [0.2, 0.25) is 0 Å². The number of rotatable bonds is 6. The molecule has 2 aromatic carbocycles. The molecule has 0 radical (unpaired) electrons. The molecule has 0 saturated heterocycles. The summed E-state index contributed by atoms with van der Waals surface area (Å²) in [7, 11) is 0. The van der Waals surface area contributed by atoms with Gasteiger partial charge in [0.25, 0.3) is 0 Å². The van der Waals surface area contributed by atoms with Gasteiger partial charge in [-0.1, -0.05) is 48.4 Å². The first kappa shape index (κ1) is 16.8. The van der Waals surface area contributed by atoms with Crippen molar-refractivity contribution in [2.24, 2.45) is 0 Å². The van der Waals surface area contributed by atoms with Crippen LogP contribution < -0.4 is 5.32 Å². The molecule has 0 fully saturated rings. The Kier molecular flexibility index (Phi) is 6.52. The lowest BCUT2D eigenvalue weighted by atomic mass is 9.97. The lowest BCUT2D eigenvalue weighted by Crippen LogP contribution is -2.25. The molecule has 2 aromatic rings. The second-order valence-electron chi connectivity index (χ2n) is 5.37. The summed E-state index contributed by atoms with van der Waals surface area (Å²) < 4.78 is 1.26. The molecular weight excluding hydrogens is 393 g/mol. The van der Waals surface area contributed by atoms with E-state index in [1.165, 1.54) is 20.3 Å². The van der Waals surface area contributed by atoms with Crippen LogP contribution in [-0.2, 0) is 6.42 Å². The van der Waals surface area contributed by atoms with Gasteiger partial charge < -0.3 is 5.32 Å². The van der Waals surface area contributed by atoms with Crippen LogP contribution in [0.25, 0.3) is 0 Å². The Hall–Kier alpha value is -0.580. The van der Waals surface area contributed by atoms with E-state index in [0.29, 0.717) is 6.04 Å². The van der Waals surface area contributed by atoms with Crippen molar-refractivity contribution in [3.05, 3.63) is 67.7 Å². The fraction of sp³-hybridized carbons (Fsp3) is 0.333. The maximum Gasteiger partial charge on any atom is 0.0410 e. The minimum Gasteiger partial charge on any atom is -0.310 e. The van der Waals surface area contributed by atoms with Gasteiger partial charge in [0.05, 0.1) is 0 Å². The molecule has 1 nitrogen and oxygen atoms in total. The Morgan fingerprint density at radius 3 is 2.71 bits per heavy atom. The minimum absolute atomic E-state index is 0.303. The summed E-state index contributed by atoms with van der Waals surface area (Å²) in [6.45, 7) is 5.35. The average molecular weight is 414 g/mol. The first-order valence-corrected chi connectivity index (χ1v) is 8.79. The predicted molar refractivity (Wildman–Crippen MR) is 100 cm³/mol. The summed E-state index contributed by atoms with van der Waals surface area (Å²) in [4.78, 5) is 0. The van der Waals surface area contributed by atoms with Crippen molar-refractivity contribution in [3.63, 3.8) is 0 Å². The summed E-state index contributed by atoms with van der Waals surface area (Å²) in [5.41, 5.74) is 3.96. The maximum atomic E-state index is 6.19. The predicted octanol–water partition coefficient (Wildman–Crippen LogP) is 5.54. The molecule has 0 amide bonds. The zero-order chi connectivity index (χ0) is 15.2. The van der Waals surface area contributed by atoms with Crippen molar-refractivity contribution in [2.45, 2.75) is 32.7 Å². The molecule has 21 heavy (non-hydrogen) atoms. The quantitative estimate of drug-likeness (QED) is 0.613. The molecule has 0 spiro atoms. The number of halogens is 2. The van der Waals surface area contributed by atoms with Crippen LogP contribution in [0.3, 0.4) is 0 Å². The van der Waals surface area contributed by atoms with Gasteiger partial charge in [-0.05, 0) is 78.2 Å². The molecule has 0 aliphatic rings. The molecule has 3 heteroatoms. The Balaban J connectivity index is 2.27. The normalized spacial score (nSPS) is 12.4. The third kappa shape index (κ3) is 4.97. The second-order valence-corrected chi connectivity index (χ2v) is 6.96. The van der Waals surface area contributed by atoms with E-state index in [1.54, 1.807) is 0 Å². The van der Waals surface area contributed by atoms with Gasteiger partial charge in [-0.15, -0.1) is 0 Å². The van der Waals surface area contributed by atoms with Crippen molar-refractivity contribution in [2.75, 3.05) is 6.54 Å². The van der Waals surface area contributed by atoms with Crippen molar-refractivity contribution in [1.29, 1.82) is 0 Å².